The van der Waals surface area contributed by atoms with Crippen LogP contribution in [-0.2, 0) is 11.2 Å². The third-order valence-corrected chi connectivity index (χ3v) is 3.45. The first-order chi connectivity index (χ1) is 8.85. The summed E-state index contributed by atoms with van der Waals surface area (Å²) in [7, 11) is 0. The van der Waals surface area contributed by atoms with E-state index >= 15 is 0 Å². The van der Waals surface area contributed by atoms with Gasteiger partial charge in [-0.1, -0.05) is 19.9 Å². The normalized spacial score (nSPS) is 14.4. The Hall–Kier alpha value is -1.49. The van der Waals surface area contributed by atoms with Crippen molar-refractivity contribution >= 4 is 5.97 Å². The zero-order valence-corrected chi connectivity index (χ0v) is 11.4. The molecule has 0 bridgehead atoms. The Kier molecular flexibility index (Phi) is 5.00. The first-order valence-corrected chi connectivity index (χ1v) is 6.27. The third kappa shape index (κ3) is 3.29. The molecule has 0 aliphatic carbocycles. The largest absolute Gasteiger partial charge is 0.480 e. The SMILES string of the molecule is CCN(CC)C(C)(Cc1ccc(F)c(F)c1)C(=O)O. The molecule has 1 aromatic carbocycles. The lowest BCUT2D eigenvalue weighted by Gasteiger charge is -2.36. The minimum absolute atomic E-state index is 0.126. The highest BCUT2D eigenvalue weighted by Gasteiger charge is 2.38. The number of carboxylic acid groups (broad SMARTS) is 1. The maximum absolute atomic E-state index is 13.2. The average molecular weight is 271 g/mol. The van der Waals surface area contributed by atoms with Crippen molar-refractivity contribution in [3.8, 4) is 0 Å². The topological polar surface area (TPSA) is 40.5 Å². The van der Waals surface area contributed by atoms with Crippen LogP contribution in [0.4, 0.5) is 8.78 Å². The third-order valence-electron chi connectivity index (χ3n) is 3.45. The van der Waals surface area contributed by atoms with E-state index in [-0.39, 0.29) is 6.42 Å². The van der Waals surface area contributed by atoms with Crippen molar-refractivity contribution in [3.63, 3.8) is 0 Å². The summed E-state index contributed by atoms with van der Waals surface area (Å²) in [6, 6.07) is 3.50. The van der Waals surface area contributed by atoms with Gasteiger partial charge in [-0.05, 0) is 37.7 Å². The molecule has 0 saturated heterocycles. The van der Waals surface area contributed by atoms with Gasteiger partial charge in [-0.15, -0.1) is 0 Å². The summed E-state index contributed by atoms with van der Waals surface area (Å²) in [4.78, 5) is 13.3. The lowest BCUT2D eigenvalue weighted by atomic mass is 9.90. The van der Waals surface area contributed by atoms with Crippen LogP contribution in [0.5, 0.6) is 0 Å². The molecular formula is C14H19F2NO2. The highest BCUT2D eigenvalue weighted by molar-refractivity contribution is 5.78. The van der Waals surface area contributed by atoms with Gasteiger partial charge >= 0.3 is 5.97 Å². The molecule has 0 aliphatic rings. The molecule has 0 aromatic heterocycles. The molecule has 5 heteroatoms. The van der Waals surface area contributed by atoms with E-state index in [9.17, 15) is 18.7 Å². The van der Waals surface area contributed by atoms with Crippen LogP contribution in [0.2, 0.25) is 0 Å². The number of hydrogen-bond acceptors (Lipinski definition) is 2. The predicted octanol–water partition coefficient (Wildman–Crippen LogP) is 2.69. The van der Waals surface area contributed by atoms with Gasteiger partial charge in [-0.3, -0.25) is 9.69 Å². The first kappa shape index (κ1) is 15.6. The molecule has 0 radical (unpaired) electrons. The Balaban J connectivity index is 3.07. The van der Waals surface area contributed by atoms with E-state index in [1.54, 1.807) is 11.8 Å². The standard InChI is InChI=1S/C14H19F2NO2/c1-4-17(5-2)14(3,13(18)19)9-10-6-7-11(15)12(16)8-10/h6-8H,4-5,9H2,1-3H3,(H,18,19). The fourth-order valence-electron chi connectivity index (χ4n) is 2.29. The van der Waals surface area contributed by atoms with Crippen LogP contribution in [0.3, 0.4) is 0 Å². The summed E-state index contributed by atoms with van der Waals surface area (Å²) in [5.41, 5.74) is -0.663. The summed E-state index contributed by atoms with van der Waals surface area (Å²) < 4.78 is 26.1. The van der Waals surface area contributed by atoms with Crippen LogP contribution < -0.4 is 0 Å². The Morgan fingerprint density at radius 1 is 1.26 bits per heavy atom. The molecule has 19 heavy (non-hydrogen) atoms. The van der Waals surface area contributed by atoms with Gasteiger partial charge in [0.1, 0.15) is 5.54 Å². The molecule has 0 amide bonds. The van der Waals surface area contributed by atoms with Crippen LogP contribution >= 0.6 is 0 Å². The highest BCUT2D eigenvalue weighted by Crippen LogP contribution is 2.22. The van der Waals surface area contributed by atoms with E-state index in [1.807, 2.05) is 13.8 Å². The number of aliphatic carboxylic acids is 1. The molecule has 1 aromatic rings. The molecule has 1 N–H and O–H groups in total. The maximum Gasteiger partial charge on any atom is 0.324 e. The number of benzene rings is 1. The van der Waals surface area contributed by atoms with Crippen LogP contribution in [0.25, 0.3) is 0 Å². The minimum atomic E-state index is -1.13. The molecule has 0 heterocycles. The molecular weight excluding hydrogens is 252 g/mol. The Morgan fingerprint density at radius 2 is 1.84 bits per heavy atom. The monoisotopic (exact) mass is 271 g/mol. The van der Waals surface area contributed by atoms with Gasteiger partial charge in [0.25, 0.3) is 0 Å². The molecule has 0 spiro atoms. The second-order valence-corrected chi connectivity index (χ2v) is 4.68. The Labute approximate surface area is 111 Å². The van der Waals surface area contributed by atoms with Crippen molar-refractivity contribution < 1.29 is 18.7 Å². The van der Waals surface area contributed by atoms with Crippen molar-refractivity contribution in [3.05, 3.63) is 35.4 Å². The number of likely N-dealkylation sites (N-methyl/N-ethyl adjacent to an activating group) is 1. The fraction of sp³-hybridized carbons (Fsp3) is 0.500. The lowest BCUT2D eigenvalue weighted by molar-refractivity contribution is -0.150. The van der Waals surface area contributed by atoms with Gasteiger partial charge in [-0.25, -0.2) is 8.78 Å². The van der Waals surface area contributed by atoms with E-state index in [4.69, 9.17) is 0 Å². The number of nitrogens with zero attached hydrogens (tertiary/aromatic N) is 1. The van der Waals surface area contributed by atoms with Gasteiger partial charge in [0, 0.05) is 6.42 Å². The van der Waals surface area contributed by atoms with Gasteiger partial charge < -0.3 is 5.11 Å². The number of hydrogen-bond donors (Lipinski definition) is 1. The van der Waals surface area contributed by atoms with E-state index in [2.05, 4.69) is 0 Å². The Bertz CT molecular complexity index is 461. The van der Waals surface area contributed by atoms with Crippen molar-refractivity contribution in [1.29, 1.82) is 0 Å². The summed E-state index contributed by atoms with van der Waals surface area (Å²) in [5.74, 6) is -2.85. The molecule has 3 nitrogen and oxygen atoms in total. The summed E-state index contributed by atoms with van der Waals surface area (Å²) in [6.45, 7) is 6.49. The zero-order valence-electron chi connectivity index (χ0n) is 11.4. The molecule has 106 valence electrons. The molecule has 1 atom stereocenters. The molecule has 0 saturated carbocycles. The summed E-state index contributed by atoms with van der Waals surface area (Å²) >= 11 is 0. The van der Waals surface area contributed by atoms with E-state index in [1.165, 1.54) is 6.07 Å². The minimum Gasteiger partial charge on any atom is -0.480 e. The van der Waals surface area contributed by atoms with Crippen molar-refractivity contribution in [2.45, 2.75) is 32.7 Å². The lowest BCUT2D eigenvalue weighted by Crippen LogP contribution is -2.53. The van der Waals surface area contributed by atoms with Crippen LogP contribution in [0.15, 0.2) is 18.2 Å². The number of rotatable bonds is 6. The maximum atomic E-state index is 13.2. The van der Waals surface area contributed by atoms with Crippen molar-refractivity contribution in [2.24, 2.45) is 0 Å². The van der Waals surface area contributed by atoms with Crippen LogP contribution in [0, 0.1) is 11.6 Å². The quantitative estimate of drug-likeness (QED) is 0.864. The predicted molar refractivity (Wildman–Crippen MR) is 69.0 cm³/mol. The van der Waals surface area contributed by atoms with Gasteiger partial charge in [0.05, 0.1) is 0 Å². The first-order valence-electron chi connectivity index (χ1n) is 6.27. The smallest absolute Gasteiger partial charge is 0.324 e. The van der Waals surface area contributed by atoms with Gasteiger partial charge in [-0.2, -0.15) is 0 Å². The van der Waals surface area contributed by atoms with Gasteiger partial charge in [0.2, 0.25) is 0 Å². The van der Waals surface area contributed by atoms with Crippen molar-refractivity contribution in [1.82, 2.24) is 4.90 Å². The van der Waals surface area contributed by atoms with E-state index in [0.29, 0.717) is 18.7 Å². The number of carbonyl (C=O) groups is 1. The molecule has 1 unspecified atom stereocenters. The highest BCUT2D eigenvalue weighted by atomic mass is 19.2. The average Bonchev–Trinajstić information content (AvgIpc) is 2.35. The summed E-state index contributed by atoms with van der Waals surface area (Å²) in [6.07, 6.45) is 0.126. The van der Waals surface area contributed by atoms with Crippen LogP contribution in [-0.4, -0.2) is 34.6 Å². The second-order valence-electron chi connectivity index (χ2n) is 4.68. The van der Waals surface area contributed by atoms with E-state index in [0.717, 1.165) is 12.1 Å². The Morgan fingerprint density at radius 3 is 2.26 bits per heavy atom. The molecule has 1 rings (SSSR count). The van der Waals surface area contributed by atoms with Crippen LogP contribution in [0.1, 0.15) is 26.3 Å². The van der Waals surface area contributed by atoms with Crippen molar-refractivity contribution in [2.75, 3.05) is 13.1 Å². The molecule has 0 fully saturated rings. The molecule has 0 aliphatic heterocycles. The van der Waals surface area contributed by atoms with E-state index < -0.39 is 23.1 Å². The zero-order chi connectivity index (χ0) is 14.6. The number of carboxylic acids is 1. The second kappa shape index (κ2) is 6.10. The van der Waals surface area contributed by atoms with Gasteiger partial charge in [0.15, 0.2) is 11.6 Å². The summed E-state index contributed by atoms with van der Waals surface area (Å²) in [5, 5.41) is 9.44. The number of halogens is 2. The fourth-order valence-corrected chi connectivity index (χ4v) is 2.29.